The van der Waals surface area contributed by atoms with Crippen LogP contribution in [0.4, 0.5) is 5.69 Å². The molecule has 0 radical (unpaired) electrons. The maximum absolute atomic E-state index is 12.2. The Kier molecular flexibility index (Phi) is 4.59. The predicted octanol–water partition coefficient (Wildman–Crippen LogP) is 3.71. The summed E-state index contributed by atoms with van der Waals surface area (Å²) in [7, 11) is -3.89. The van der Waals surface area contributed by atoms with Gasteiger partial charge in [-0.05, 0) is 24.3 Å². The highest BCUT2D eigenvalue weighted by Crippen LogP contribution is 2.25. The van der Waals surface area contributed by atoms with Crippen LogP contribution in [-0.4, -0.2) is 13.4 Å². The zero-order valence-corrected chi connectivity index (χ0v) is 13.2. The Hall–Kier alpha value is -1.52. The highest BCUT2D eigenvalue weighted by molar-refractivity contribution is 7.92. The molecule has 0 spiro atoms. The molecule has 0 saturated carbocycles. The van der Waals surface area contributed by atoms with Gasteiger partial charge >= 0.3 is 0 Å². The van der Waals surface area contributed by atoms with Gasteiger partial charge < -0.3 is 0 Å². The average Bonchev–Trinajstić information content (AvgIpc) is 2.41. The van der Waals surface area contributed by atoms with Crippen molar-refractivity contribution < 1.29 is 8.42 Å². The second kappa shape index (κ2) is 6.08. The van der Waals surface area contributed by atoms with Gasteiger partial charge in [0.1, 0.15) is 16.1 Å². The maximum atomic E-state index is 12.2. The first kappa shape index (κ1) is 15.9. The summed E-state index contributed by atoms with van der Waals surface area (Å²) in [5, 5.41) is 8.95. The number of hydrogen-bond donors (Lipinski definition) is 1. The van der Waals surface area contributed by atoms with Gasteiger partial charge in [-0.2, -0.15) is 5.26 Å². The number of aromatic nitrogens is 1. The third-order valence-electron chi connectivity index (χ3n) is 2.42. The molecule has 1 aromatic carbocycles. The van der Waals surface area contributed by atoms with Crippen molar-refractivity contribution in [2.24, 2.45) is 0 Å². The molecule has 1 heterocycles. The lowest BCUT2D eigenvalue weighted by atomic mass is 10.2. The minimum absolute atomic E-state index is 0.0111. The van der Waals surface area contributed by atoms with Crippen LogP contribution in [0.3, 0.4) is 0 Å². The molecule has 0 saturated heterocycles. The summed E-state index contributed by atoms with van der Waals surface area (Å²) in [6.45, 7) is 0. The molecule has 2 aromatic rings. The molecule has 0 aliphatic rings. The number of nitrogens with zero attached hydrogens (tertiary/aromatic N) is 2. The molecule has 108 valence electrons. The molecule has 5 nitrogen and oxygen atoms in total. The summed E-state index contributed by atoms with van der Waals surface area (Å²) >= 11 is 17.2. The standard InChI is InChI=1S/C12H6Cl3N3O2S/c13-10-3-8(2-1-7(10)5-16)18-21(19,20)9-4-11(14)12(15)17-6-9/h1-4,6,18H. The highest BCUT2D eigenvalue weighted by Gasteiger charge is 2.17. The van der Waals surface area contributed by atoms with Gasteiger partial charge in [0.2, 0.25) is 0 Å². The number of anilines is 1. The Labute approximate surface area is 136 Å². The SMILES string of the molecule is N#Cc1ccc(NS(=O)(=O)c2cnc(Cl)c(Cl)c2)cc1Cl. The number of nitriles is 1. The minimum atomic E-state index is -3.89. The van der Waals surface area contributed by atoms with E-state index in [9.17, 15) is 8.42 Å². The van der Waals surface area contributed by atoms with Crippen LogP contribution in [0.25, 0.3) is 0 Å². The fourth-order valence-electron chi connectivity index (χ4n) is 1.43. The van der Waals surface area contributed by atoms with Crippen molar-refractivity contribution in [3.63, 3.8) is 0 Å². The molecule has 0 atom stereocenters. The molecular weight excluding hydrogens is 357 g/mol. The molecule has 1 N–H and O–H groups in total. The van der Waals surface area contributed by atoms with Crippen LogP contribution in [0.5, 0.6) is 0 Å². The van der Waals surface area contributed by atoms with Gasteiger partial charge in [0.25, 0.3) is 10.0 Å². The second-order valence-corrected chi connectivity index (χ2v) is 6.71. The van der Waals surface area contributed by atoms with E-state index < -0.39 is 10.0 Å². The zero-order chi connectivity index (χ0) is 15.6. The molecule has 0 amide bonds. The number of hydrogen-bond acceptors (Lipinski definition) is 4. The van der Waals surface area contributed by atoms with Crippen molar-refractivity contribution in [3.8, 4) is 6.07 Å². The number of pyridine rings is 1. The second-order valence-electron chi connectivity index (χ2n) is 3.86. The average molecular weight is 363 g/mol. The van der Waals surface area contributed by atoms with E-state index in [4.69, 9.17) is 40.1 Å². The summed E-state index contributed by atoms with van der Waals surface area (Å²) in [5.74, 6) is 0. The maximum Gasteiger partial charge on any atom is 0.263 e. The first-order valence-electron chi connectivity index (χ1n) is 5.37. The van der Waals surface area contributed by atoms with Gasteiger partial charge in [0, 0.05) is 6.20 Å². The molecule has 0 fully saturated rings. The summed E-state index contributed by atoms with van der Waals surface area (Å²) in [6, 6.07) is 7.23. The van der Waals surface area contributed by atoms with Gasteiger partial charge in [-0.25, -0.2) is 13.4 Å². The Bertz CT molecular complexity index is 847. The first-order valence-corrected chi connectivity index (χ1v) is 7.99. The van der Waals surface area contributed by atoms with Crippen LogP contribution in [0, 0.1) is 11.3 Å². The van der Waals surface area contributed by atoms with Gasteiger partial charge in [-0.15, -0.1) is 0 Å². The van der Waals surface area contributed by atoms with E-state index in [1.807, 2.05) is 6.07 Å². The van der Waals surface area contributed by atoms with E-state index in [1.54, 1.807) is 0 Å². The lowest BCUT2D eigenvalue weighted by molar-refractivity contribution is 0.601. The smallest absolute Gasteiger partial charge is 0.263 e. The summed E-state index contributed by atoms with van der Waals surface area (Å²) in [6.07, 6.45) is 1.09. The number of halogens is 3. The van der Waals surface area contributed by atoms with Crippen molar-refractivity contribution in [2.45, 2.75) is 4.90 Å². The Morgan fingerprint density at radius 1 is 1.14 bits per heavy atom. The van der Waals surface area contributed by atoms with Crippen molar-refractivity contribution in [1.82, 2.24) is 4.98 Å². The van der Waals surface area contributed by atoms with E-state index in [0.717, 1.165) is 6.20 Å². The van der Waals surface area contributed by atoms with E-state index in [1.165, 1.54) is 24.3 Å². The molecule has 0 bridgehead atoms. The molecule has 9 heteroatoms. The van der Waals surface area contributed by atoms with Crippen LogP contribution >= 0.6 is 34.8 Å². The van der Waals surface area contributed by atoms with Gasteiger partial charge in [-0.1, -0.05) is 34.8 Å². The van der Waals surface area contributed by atoms with E-state index in [2.05, 4.69) is 9.71 Å². The van der Waals surface area contributed by atoms with Gasteiger partial charge in [0.05, 0.1) is 21.3 Å². The Morgan fingerprint density at radius 2 is 1.86 bits per heavy atom. The molecule has 0 unspecified atom stereocenters. The molecule has 2 rings (SSSR count). The van der Waals surface area contributed by atoms with E-state index in [-0.39, 0.29) is 31.3 Å². The van der Waals surface area contributed by atoms with Crippen LogP contribution < -0.4 is 4.72 Å². The quantitative estimate of drug-likeness (QED) is 0.844. The third-order valence-corrected chi connectivity index (χ3v) is 4.77. The molecule has 0 aliphatic heterocycles. The molecule has 21 heavy (non-hydrogen) atoms. The van der Waals surface area contributed by atoms with Crippen LogP contribution in [0.2, 0.25) is 15.2 Å². The van der Waals surface area contributed by atoms with E-state index >= 15 is 0 Å². The number of benzene rings is 1. The number of rotatable bonds is 3. The van der Waals surface area contributed by atoms with Crippen molar-refractivity contribution in [3.05, 3.63) is 51.2 Å². The van der Waals surface area contributed by atoms with Crippen LogP contribution in [0.1, 0.15) is 5.56 Å². The van der Waals surface area contributed by atoms with Gasteiger partial charge in [-0.3, -0.25) is 4.72 Å². The lowest BCUT2D eigenvalue weighted by Gasteiger charge is -2.09. The summed E-state index contributed by atoms with van der Waals surface area (Å²) in [5.41, 5.74) is 0.459. The Balaban J connectivity index is 2.35. The zero-order valence-electron chi connectivity index (χ0n) is 10.1. The third kappa shape index (κ3) is 3.57. The monoisotopic (exact) mass is 361 g/mol. The summed E-state index contributed by atoms with van der Waals surface area (Å²) in [4.78, 5) is 3.54. The fourth-order valence-corrected chi connectivity index (χ4v) is 3.01. The van der Waals surface area contributed by atoms with E-state index in [0.29, 0.717) is 0 Å². The van der Waals surface area contributed by atoms with Gasteiger partial charge in [0.15, 0.2) is 0 Å². The molecule has 0 aliphatic carbocycles. The lowest BCUT2D eigenvalue weighted by Crippen LogP contribution is -2.13. The summed E-state index contributed by atoms with van der Waals surface area (Å²) < 4.78 is 26.6. The van der Waals surface area contributed by atoms with Crippen LogP contribution in [0.15, 0.2) is 35.4 Å². The predicted molar refractivity (Wildman–Crippen MR) is 81.2 cm³/mol. The van der Waals surface area contributed by atoms with Crippen molar-refractivity contribution in [1.29, 1.82) is 5.26 Å². The van der Waals surface area contributed by atoms with Crippen molar-refractivity contribution in [2.75, 3.05) is 4.72 Å². The minimum Gasteiger partial charge on any atom is -0.280 e. The highest BCUT2D eigenvalue weighted by atomic mass is 35.5. The normalized spacial score (nSPS) is 11.0. The first-order chi connectivity index (χ1) is 9.83. The topological polar surface area (TPSA) is 82.9 Å². The fraction of sp³-hybridized carbons (Fsp3) is 0. The van der Waals surface area contributed by atoms with Crippen LogP contribution in [-0.2, 0) is 10.0 Å². The largest absolute Gasteiger partial charge is 0.280 e. The van der Waals surface area contributed by atoms with Crippen molar-refractivity contribution >= 4 is 50.5 Å². The molecular formula is C12H6Cl3N3O2S. The Morgan fingerprint density at radius 3 is 2.43 bits per heavy atom. The number of nitrogens with one attached hydrogen (secondary N) is 1. The number of sulfonamides is 1. The molecule has 1 aromatic heterocycles.